The van der Waals surface area contributed by atoms with Gasteiger partial charge >= 0.3 is 0 Å². The minimum Gasteiger partial charge on any atom is -0.492 e. The molecule has 0 fully saturated rings. The third kappa shape index (κ3) is 6.55. The van der Waals surface area contributed by atoms with Crippen LogP contribution in [0.5, 0.6) is 5.75 Å². The predicted octanol–water partition coefficient (Wildman–Crippen LogP) is -0.338. The third-order valence-electron chi connectivity index (χ3n) is 2.68. The molecule has 1 aromatic carbocycles. The van der Waals surface area contributed by atoms with Gasteiger partial charge in [-0.2, -0.15) is 0 Å². The van der Waals surface area contributed by atoms with Crippen molar-refractivity contribution in [2.24, 2.45) is 5.73 Å². The summed E-state index contributed by atoms with van der Waals surface area (Å²) in [5.74, 6) is 6.50. The molecule has 5 heteroatoms. The normalized spacial score (nSPS) is 10.2. The standard InChI is InChI=1S/C15H22N2O3/c16-6-2-4-14-3-1-5-15(13-14)20-12-9-17(7-10-18)8-11-19/h1,3,5,13,18-19H,6-12,16H2. The Morgan fingerprint density at radius 1 is 1.15 bits per heavy atom. The zero-order chi connectivity index (χ0) is 14.6. The van der Waals surface area contributed by atoms with Crippen LogP contribution in [-0.2, 0) is 0 Å². The molecule has 1 aromatic rings. The minimum absolute atomic E-state index is 0.0736. The lowest BCUT2D eigenvalue weighted by Crippen LogP contribution is -2.33. The molecule has 0 aliphatic rings. The van der Waals surface area contributed by atoms with E-state index in [0.29, 0.717) is 32.8 Å². The molecule has 0 radical (unpaired) electrons. The highest BCUT2D eigenvalue weighted by molar-refractivity contribution is 5.39. The fraction of sp³-hybridized carbons (Fsp3) is 0.467. The van der Waals surface area contributed by atoms with Crippen molar-refractivity contribution in [3.63, 3.8) is 0 Å². The van der Waals surface area contributed by atoms with E-state index in [1.165, 1.54) is 0 Å². The lowest BCUT2D eigenvalue weighted by atomic mass is 10.2. The molecule has 0 aliphatic carbocycles. The van der Waals surface area contributed by atoms with Crippen LogP contribution in [0, 0.1) is 11.8 Å². The van der Waals surface area contributed by atoms with Gasteiger partial charge in [0, 0.05) is 25.2 Å². The van der Waals surface area contributed by atoms with Crippen LogP contribution in [0.15, 0.2) is 24.3 Å². The SMILES string of the molecule is NCC#Cc1cccc(OCCN(CCO)CCO)c1. The molecule has 0 saturated carbocycles. The third-order valence-corrected chi connectivity index (χ3v) is 2.68. The highest BCUT2D eigenvalue weighted by atomic mass is 16.5. The van der Waals surface area contributed by atoms with E-state index in [1.807, 2.05) is 29.2 Å². The van der Waals surface area contributed by atoms with Gasteiger partial charge in [0.1, 0.15) is 12.4 Å². The first-order valence-electron chi connectivity index (χ1n) is 6.66. The van der Waals surface area contributed by atoms with Gasteiger partial charge in [0.25, 0.3) is 0 Å². The molecule has 0 atom stereocenters. The highest BCUT2D eigenvalue weighted by Crippen LogP contribution is 2.12. The largest absolute Gasteiger partial charge is 0.492 e. The summed E-state index contributed by atoms with van der Waals surface area (Å²) in [6.45, 7) is 2.70. The number of aliphatic hydroxyl groups excluding tert-OH is 2. The number of aliphatic hydroxyl groups is 2. The molecule has 0 unspecified atom stereocenters. The average Bonchev–Trinajstić information content (AvgIpc) is 2.46. The second-order valence-electron chi connectivity index (χ2n) is 4.17. The number of rotatable bonds is 8. The van der Waals surface area contributed by atoms with Gasteiger partial charge < -0.3 is 20.7 Å². The Morgan fingerprint density at radius 3 is 2.55 bits per heavy atom. The molecule has 1 rings (SSSR count). The summed E-state index contributed by atoms with van der Waals surface area (Å²) in [6, 6.07) is 7.52. The molecular weight excluding hydrogens is 256 g/mol. The fourth-order valence-corrected chi connectivity index (χ4v) is 1.73. The monoisotopic (exact) mass is 278 g/mol. The highest BCUT2D eigenvalue weighted by Gasteiger charge is 2.03. The maximum absolute atomic E-state index is 8.91. The summed E-state index contributed by atoms with van der Waals surface area (Å²) in [7, 11) is 0. The molecule has 5 nitrogen and oxygen atoms in total. The van der Waals surface area contributed by atoms with Crippen LogP contribution < -0.4 is 10.5 Å². The molecule has 0 bridgehead atoms. The van der Waals surface area contributed by atoms with Gasteiger partial charge in [0.05, 0.1) is 19.8 Å². The average molecular weight is 278 g/mol. The minimum atomic E-state index is 0.0736. The van der Waals surface area contributed by atoms with Crippen LogP contribution in [-0.4, -0.2) is 61.1 Å². The molecule has 0 aromatic heterocycles. The van der Waals surface area contributed by atoms with Crippen LogP contribution in [0.25, 0.3) is 0 Å². The lowest BCUT2D eigenvalue weighted by Gasteiger charge is -2.20. The second kappa shape index (κ2) is 10.2. The van der Waals surface area contributed by atoms with Crippen molar-refractivity contribution >= 4 is 0 Å². The summed E-state index contributed by atoms with van der Waals surface area (Å²) in [4.78, 5) is 1.94. The molecule has 0 aliphatic heterocycles. The van der Waals surface area contributed by atoms with Gasteiger partial charge in [-0.25, -0.2) is 0 Å². The first kappa shape index (κ1) is 16.5. The molecule has 0 saturated heterocycles. The first-order valence-corrected chi connectivity index (χ1v) is 6.66. The van der Waals surface area contributed by atoms with Crippen LogP contribution >= 0.6 is 0 Å². The number of nitrogens with zero attached hydrogens (tertiary/aromatic N) is 1. The van der Waals surface area contributed by atoms with Crippen LogP contribution in [0.4, 0.5) is 0 Å². The smallest absolute Gasteiger partial charge is 0.120 e. The van der Waals surface area contributed by atoms with E-state index in [2.05, 4.69) is 11.8 Å². The van der Waals surface area contributed by atoms with E-state index in [9.17, 15) is 0 Å². The van der Waals surface area contributed by atoms with Gasteiger partial charge in [0.15, 0.2) is 0 Å². The van der Waals surface area contributed by atoms with E-state index in [1.54, 1.807) is 0 Å². The summed E-state index contributed by atoms with van der Waals surface area (Å²) in [5.41, 5.74) is 6.20. The molecular formula is C15H22N2O3. The topological polar surface area (TPSA) is 79.0 Å². The van der Waals surface area contributed by atoms with Crippen molar-refractivity contribution in [3.05, 3.63) is 29.8 Å². The van der Waals surface area contributed by atoms with E-state index in [0.717, 1.165) is 11.3 Å². The van der Waals surface area contributed by atoms with Crippen molar-refractivity contribution in [2.45, 2.75) is 0 Å². The zero-order valence-corrected chi connectivity index (χ0v) is 11.6. The van der Waals surface area contributed by atoms with Gasteiger partial charge in [0.2, 0.25) is 0 Å². The van der Waals surface area contributed by atoms with Crippen molar-refractivity contribution < 1.29 is 14.9 Å². The molecule has 20 heavy (non-hydrogen) atoms. The quantitative estimate of drug-likeness (QED) is 0.567. The maximum Gasteiger partial charge on any atom is 0.120 e. The van der Waals surface area contributed by atoms with Crippen LogP contribution in [0.2, 0.25) is 0 Å². The molecule has 110 valence electrons. The Morgan fingerprint density at radius 2 is 1.90 bits per heavy atom. The number of ether oxygens (including phenoxy) is 1. The summed E-state index contributed by atoms with van der Waals surface area (Å²) < 4.78 is 5.65. The van der Waals surface area contributed by atoms with Crippen LogP contribution in [0.3, 0.4) is 0 Å². The maximum atomic E-state index is 8.91. The summed E-state index contributed by atoms with van der Waals surface area (Å²) >= 11 is 0. The molecule has 4 N–H and O–H groups in total. The van der Waals surface area contributed by atoms with Crippen molar-refractivity contribution in [1.82, 2.24) is 4.90 Å². The Hall–Kier alpha value is -1.58. The number of hydrogen-bond acceptors (Lipinski definition) is 5. The van der Waals surface area contributed by atoms with E-state index < -0.39 is 0 Å². The van der Waals surface area contributed by atoms with Crippen LogP contribution in [0.1, 0.15) is 5.56 Å². The predicted molar refractivity (Wildman–Crippen MR) is 78.5 cm³/mol. The number of nitrogens with two attached hydrogens (primary N) is 1. The van der Waals surface area contributed by atoms with E-state index in [-0.39, 0.29) is 13.2 Å². The fourth-order valence-electron chi connectivity index (χ4n) is 1.73. The van der Waals surface area contributed by atoms with Gasteiger partial charge in [-0.05, 0) is 18.2 Å². The van der Waals surface area contributed by atoms with Gasteiger partial charge in [-0.1, -0.05) is 17.9 Å². The van der Waals surface area contributed by atoms with E-state index >= 15 is 0 Å². The Labute approximate surface area is 120 Å². The Balaban J connectivity index is 2.44. The van der Waals surface area contributed by atoms with Crippen molar-refractivity contribution in [2.75, 3.05) is 46.0 Å². The molecule has 0 amide bonds. The molecule has 0 spiro atoms. The second-order valence-corrected chi connectivity index (χ2v) is 4.17. The van der Waals surface area contributed by atoms with Crippen molar-refractivity contribution in [1.29, 1.82) is 0 Å². The van der Waals surface area contributed by atoms with Crippen molar-refractivity contribution in [3.8, 4) is 17.6 Å². The van der Waals surface area contributed by atoms with Gasteiger partial charge in [-0.15, -0.1) is 0 Å². The lowest BCUT2D eigenvalue weighted by molar-refractivity contribution is 0.141. The zero-order valence-electron chi connectivity index (χ0n) is 11.6. The first-order chi connectivity index (χ1) is 9.80. The molecule has 0 heterocycles. The number of hydrogen-bond donors (Lipinski definition) is 3. The summed E-state index contributed by atoms with van der Waals surface area (Å²) in [6.07, 6.45) is 0. The number of benzene rings is 1. The Bertz CT molecular complexity index is 434. The summed E-state index contributed by atoms with van der Waals surface area (Å²) in [5, 5.41) is 17.8. The Kier molecular flexibility index (Phi) is 8.43. The van der Waals surface area contributed by atoms with E-state index in [4.69, 9.17) is 20.7 Å². The van der Waals surface area contributed by atoms with Gasteiger partial charge in [-0.3, -0.25) is 4.90 Å².